The molecule has 2 N–H and O–H groups in total. The maximum Gasteiger partial charge on any atom is 0.327 e. The number of nitriles is 1. The molecule has 11 heteroatoms. The van der Waals surface area contributed by atoms with Crippen LogP contribution < -0.4 is 15.2 Å². The highest BCUT2D eigenvalue weighted by molar-refractivity contribution is 6.00. The summed E-state index contributed by atoms with van der Waals surface area (Å²) < 4.78 is 14.3. The summed E-state index contributed by atoms with van der Waals surface area (Å²) in [6, 6.07) is 23.9. The fourth-order valence-electron chi connectivity index (χ4n) is 4.77. The van der Waals surface area contributed by atoms with Crippen LogP contribution in [0.15, 0.2) is 77.8 Å². The maximum absolute atomic E-state index is 12.2. The molecule has 6 rings (SSSR count). The van der Waals surface area contributed by atoms with Crippen molar-refractivity contribution in [3.63, 3.8) is 0 Å². The molecule has 0 bridgehead atoms. The van der Waals surface area contributed by atoms with Gasteiger partial charge in [-0.05, 0) is 42.8 Å². The highest BCUT2D eigenvalue weighted by Gasteiger charge is 2.22. The van der Waals surface area contributed by atoms with Crippen LogP contribution in [0, 0.1) is 18.3 Å². The first kappa shape index (κ1) is 26.5. The van der Waals surface area contributed by atoms with Crippen molar-refractivity contribution in [1.82, 2.24) is 24.4 Å². The lowest BCUT2D eigenvalue weighted by Gasteiger charge is -2.15. The number of likely N-dealkylation sites (N-methyl/N-ethyl adjacent to an activating group) is 1. The number of aryl methyl sites for hydroxylation is 1. The van der Waals surface area contributed by atoms with Crippen molar-refractivity contribution in [3.05, 3.63) is 101 Å². The molecule has 1 aliphatic rings. The number of imidazole rings is 1. The Morgan fingerprint density at radius 3 is 2.60 bits per heavy atom. The number of carbonyl (C=O) groups excluding carboxylic acids is 1. The summed E-state index contributed by atoms with van der Waals surface area (Å²) in [5.74, 6) is 1.49. The summed E-state index contributed by atoms with van der Waals surface area (Å²) in [6.07, 6.45) is 0. The Balaban J connectivity index is 1.46. The van der Waals surface area contributed by atoms with Gasteiger partial charge in [-0.25, -0.2) is 4.98 Å². The summed E-state index contributed by atoms with van der Waals surface area (Å²) in [5, 5.41) is 9.44. The molecule has 1 amide bonds. The van der Waals surface area contributed by atoms with E-state index < -0.39 is 5.91 Å². The molecule has 42 heavy (non-hydrogen) atoms. The number of aliphatic imine (C=N–C) groups is 1. The normalized spacial score (nSPS) is 12.7. The Labute approximate surface area is 241 Å². The molecule has 0 aliphatic carbocycles. The Bertz CT molecular complexity index is 1890. The van der Waals surface area contributed by atoms with E-state index in [0.29, 0.717) is 34.8 Å². The predicted octanol–water partition coefficient (Wildman–Crippen LogP) is 4.43. The number of ether oxygens (including phenoxy) is 2. The van der Waals surface area contributed by atoms with E-state index in [1.54, 1.807) is 6.07 Å². The number of rotatable bonds is 8. The summed E-state index contributed by atoms with van der Waals surface area (Å²) in [5.41, 5.74) is 8.79. The number of hydrogen-bond donors (Lipinski definition) is 1. The molecule has 0 saturated heterocycles. The van der Waals surface area contributed by atoms with Crippen LogP contribution in [0.25, 0.3) is 11.2 Å². The largest absolute Gasteiger partial charge is 0.436 e. The van der Waals surface area contributed by atoms with Gasteiger partial charge in [-0.3, -0.25) is 9.79 Å². The number of benzene rings is 3. The topological polar surface area (TPSA) is 145 Å². The van der Waals surface area contributed by atoms with Crippen molar-refractivity contribution in [2.24, 2.45) is 10.7 Å². The van der Waals surface area contributed by atoms with Crippen LogP contribution in [0.1, 0.15) is 32.9 Å². The molecule has 3 heterocycles. The molecular weight excluding hydrogens is 532 g/mol. The van der Waals surface area contributed by atoms with E-state index in [4.69, 9.17) is 25.2 Å². The van der Waals surface area contributed by atoms with Crippen molar-refractivity contribution in [3.8, 4) is 29.5 Å². The van der Waals surface area contributed by atoms with Crippen LogP contribution in [0.2, 0.25) is 0 Å². The maximum atomic E-state index is 12.2. The van der Waals surface area contributed by atoms with Gasteiger partial charge in [0.15, 0.2) is 11.2 Å². The van der Waals surface area contributed by atoms with E-state index in [-0.39, 0.29) is 23.2 Å². The fraction of sp³-hybridized carbons (Fsp3) is 0.161. The highest BCUT2D eigenvalue weighted by atomic mass is 16.5. The number of aromatic nitrogens is 4. The summed E-state index contributed by atoms with van der Waals surface area (Å²) in [6.45, 7) is 3.95. The molecule has 0 spiro atoms. The van der Waals surface area contributed by atoms with Crippen molar-refractivity contribution >= 4 is 22.9 Å². The zero-order valence-electron chi connectivity index (χ0n) is 23.0. The zero-order valence-corrected chi connectivity index (χ0v) is 23.0. The number of nitrogens with two attached hydrogens (primary N) is 1. The van der Waals surface area contributed by atoms with Crippen molar-refractivity contribution in [2.75, 3.05) is 20.1 Å². The monoisotopic (exact) mass is 558 g/mol. The number of amidine groups is 1. The summed E-state index contributed by atoms with van der Waals surface area (Å²) in [4.78, 5) is 32.8. The zero-order chi connectivity index (χ0) is 29.2. The van der Waals surface area contributed by atoms with Crippen LogP contribution in [0.5, 0.6) is 23.4 Å². The van der Waals surface area contributed by atoms with Gasteiger partial charge < -0.3 is 24.7 Å². The molecule has 0 radical (unpaired) electrons. The Morgan fingerprint density at radius 2 is 1.86 bits per heavy atom. The van der Waals surface area contributed by atoms with Gasteiger partial charge in [0, 0.05) is 19.2 Å². The third-order valence-corrected chi connectivity index (χ3v) is 6.86. The minimum Gasteiger partial charge on any atom is -0.436 e. The molecule has 0 saturated carbocycles. The number of fused-ring (bicyclic) bond motifs is 1. The lowest BCUT2D eigenvalue weighted by atomic mass is 10.1. The second-order valence-electron chi connectivity index (χ2n) is 9.76. The molecule has 1 aliphatic heterocycles. The SMILES string of the molecule is Cc1nc2c(Oc3cc(C#N)ccc3C(N)=O)nc(Oc3cccc(C4=NCCN4C)c3)nc2n1Cc1ccccc1. The van der Waals surface area contributed by atoms with Gasteiger partial charge in [0.25, 0.3) is 11.8 Å². The number of amides is 1. The number of hydrogen-bond acceptors (Lipinski definition) is 9. The first-order valence-corrected chi connectivity index (χ1v) is 13.2. The minimum absolute atomic E-state index is 0.0163. The Kier molecular flexibility index (Phi) is 6.94. The van der Waals surface area contributed by atoms with Gasteiger partial charge in [0.05, 0.1) is 30.3 Å². The molecule has 5 aromatic rings. The van der Waals surface area contributed by atoms with Gasteiger partial charge in [0.1, 0.15) is 23.2 Å². The number of carbonyl (C=O) groups is 1. The Hall–Kier alpha value is -5.76. The predicted molar refractivity (Wildman–Crippen MR) is 156 cm³/mol. The molecule has 2 aromatic heterocycles. The van der Waals surface area contributed by atoms with Crippen LogP contribution in [-0.4, -0.2) is 56.3 Å². The van der Waals surface area contributed by atoms with Gasteiger partial charge in [0.2, 0.25) is 0 Å². The second-order valence-corrected chi connectivity index (χ2v) is 9.76. The first-order valence-electron chi connectivity index (χ1n) is 13.2. The summed E-state index contributed by atoms with van der Waals surface area (Å²) in [7, 11) is 2.00. The van der Waals surface area contributed by atoms with Gasteiger partial charge in [-0.1, -0.05) is 42.5 Å². The summed E-state index contributed by atoms with van der Waals surface area (Å²) >= 11 is 0. The van der Waals surface area contributed by atoms with E-state index in [1.807, 2.05) is 67.1 Å². The van der Waals surface area contributed by atoms with Gasteiger partial charge in [-0.2, -0.15) is 15.2 Å². The number of nitrogens with zero attached hydrogens (tertiary/aromatic N) is 7. The van der Waals surface area contributed by atoms with Crippen molar-refractivity contribution in [2.45, 2.75) is 13.5 Å². The lowest BCUT2D eigenvalue weighted by Crippen LogP contribution is -2.23. The fourth-order valence-corrected chi connectivity index (χ4v) is 4.77. The quantitative estimate of drug-likeness (QED) is 0.294. The molecular formula is C31H26N8O3. The van der Waals surface area contributed by atoms with Crippen molar-refractivity contribution < 1.29 is 14.3 Å². The average molecular weight is 559 g/mol. The minimum atomic E-state index is -0.710. The van der Waals surface area contributed by atoms with E-state index in [1.165, 1.54) is 18.2 Å². The highest BCUT2D eigenvalue weighted by Crippen LogP contribution is 2.33. The van der Waals surface area contributed by atoms with Gasteiger partial charge >= 0.3 is 6.01 Å². The third kappa shape index (κ3) is 5.21. The molecule has 0 unspecified atom stereocenters. The molecule has 3 aromatic carbocycles. The number of primary amides is 1. The van der Waals surface area contributed by atoms with E-state index in [0.717, 1.165) is 30.1 Å². The van der Waals surface area contributed by atoms with Crippen LogP contribution in [0.3, 0.4) is 0 Å². The van der Waals surface area contributed by atoms with Gasteiger partial charge in [-0.15, -0.1) is 0 Å². The average Bonchev–Trinajstić information content (AvgIpc) is 3.56. The van der Waals surface area contributed by atoms with Crippen molar-refractivity contribution in [1.29, 1.82) is 5.26 Å². The molecule has 11 nitrogen and oxygen atoms in total. The van der Waals surface area contributed by atoms with E-state index in [2.05, 4.69) is 20.9 Å². The molecule has 0 fully saturated rings. The van der Waals surface area contributed by atoms with E-state index in [9.17, 15) is 10.1 Å². The third-order valence-electron chi connectivity index (χ3n) is 6.86. The standard InChI is InChI=1S/C31H26N8O3/c1-19-35-26-29(39(19)18-20-7-4-3-5-8-20)36-31(41-23-10-6-9-22(16-23)28-34-13-14-38(28)2)37-30(26)42-25-15-21(17-32)11-12-24(25)27(33)40/h3-12,15-16H,13-14,18H2,1-2H3,(H2,33,40). The Morgan fingerprint density at radius 1 is 1.02 bits per heavy atom. The lowest BCUT2D eigenvalue weighted by molar-refractivity contribution is 0.0998. The first-order chi connectivity index (χ1) is 20.4. The molecule has 208 valence electrons. The molecule has 0 atom stereocenters. The van der Waals surface area contributed by atoms with E-state index >= 15 is 0 Å². The smallest absolute Gasteiger partial charge is 0.327 e. The second kappa shape index (κ2) is 11.0. The van der Waals surface area contributed by atoms with Crippen LogP contribution in [0.4, 0.5) is 0 Å². The van der Waals surface area contributed by atoms with Crippen LogP contribution >= 0.6 is 0 Å². The van der Waals surface area contributed by atoms with Crippen LogP contribution in [-0.2, 0) is 6.54 Å².